The van der Waals surface area contributed by atoms with Crippen molar-refractivity contribution in [3.05, 3.63) is 35.4 Å². The summed E-state index contributed by atoms with van der Waals surface area (Å²) < 4.78 is 0. The van der Waals surface area contributed by atoms with E-state index in [0.717, 1.165) is 6.54 Å². The number of aryl methyl sites for hydroxylation is 1. The van der Waals surface area contributed by atoms with Crippen LogP contribution in [0.1, 0.15) is 11.1 Å². The van der Waals surface area contributed by atoms with Gasteiger partial charge in [0.2, 0.25) is 0 Å². The quantitative estimate of drug-likeness (QED) is 0.614. The molecule has 0 spiro atoms. The van der Waals surface area contributed by atoms with Gasteiger partial charge in [-0.3, -0.25) is 0 Å². The Balaban J connectivity index is 2.37. The van der Waals surface area contributed by atoms with Crippen LogP contribution >= 0.6 is 0 Å². The molecule has 0 heterocycles. The Morgan fingerprint density at radius 1 is 1.25 bits per heavy atom. The number of hydrogen-bond donors (Lipinski definition) is 1. The van der Waals surface area contributed by atoms with Gasteiger partial charge in [0.1, 0.15) is 0 Å². The first-order chi connectivity index (χ1) is 5.83. The van der Waals surface area contributed by atoms with Crippen LogP contribution in [0.2, 0.25) is 5.32 Å². The van der Waals surface area contributed by atoms with E-state index in [1.807, 2.05) is 0 Å². The SMILES string of the molecule is Cc1ccc(C[Se]CCN)cc1. The van der Waals surface area contributed by atoms with Crippen LogP contribution in [0.3, 0.4) is 0 Å². The fraction of sp³-hybridized carbons (Fsp3) is 0.400. The Morgan fingerprint density at radius 2 is 1.92 bits per heavy atom. The standard InChI is InChI=1S/C10H15NSe/c1-9-2-4-10(5-3-9)8-12-7-6-11/h2-5H,6-8,11H2,1H3. The summed E-state index contributed by atoms with van der Waals surface area (Å²) in [6.45, 7) is 2.96. The summed E-state index contributed by atoms with van der Waals surface area (Å²) >= 11 is 0.698. The zero-order chi connectivity index (χ0) is 8.81. The van der Waals surface area contributed by atoms with Crippen LogP contribution in [0, 0.1) is 6.92 Å². The average Bonchev–Trinajstić information content (AvgIpc) is 2.09. The molecule has 0 saturated carbocycles. The molecule has 0 aliphatic carbocycles. The Morgan fingerprint density at radius 3 is 2.50 bits per heavy atom. The maximum absolute atomic E-state index is 5.43. The predicted octanol–water partition coefficient (Wildman–Crippen LogP) is 1.58. The summed E-state index contributed by atoms with van der Waals surface area (Å²) in [5, 5.41) is 2.42. The van der Waals surface area contributed by atoms with Crippen molar-refractivity contribution in [1.82, 2.24) is 0 Å². The number of nitrogens with two attached hydrogens (primary N) is 1. The van der Waals surface area contributed by atoms with Crippen molar-refractivity contribution < 1.29 is 0 Å². The Labute approximate surface area is 80.5 Å². The topological polar surface area (TPSA) is 26.0 Å². The molecule has 0 aliphatic rings. The van der Waals surface area contributed by atoms with Gasteiger partial charge in [0.05, 0.1) is 0 Å². The van der Waals surface area contributed by atoms with Crippen molar-refractivity contribution in [2.45, 2.75) is 17.6 Å². The Bertz CT molecular complexity index is 218. The van der Waals surface area contributed by atoms with Crippen molar-refractivity contribution in [2.75, 3.05) is 6.54 Å². The van der Waals surface area contributed by atoms with Gasteiger partial charge in [0.15, 0.2) is 0 Å². The van der Waals surface area contributed by atoms with E-state index in [-0.39, 0.29) is 0 Å². The van der Waals surface area contributed by atoms with Crippen molar-refractivity contribution >= 4 is 15.0 Å². The number of rotatable bonds is 4. The first-order valence-electron chi connectivity index (χ1n) is 4.16. The van der Waals surface area contributed by atoms with Crippen LogP contribution < -0.4 is 5.73 Å². The summed E-state index contributed by atoms with van der Waals surface area (Å²) in [6.07, 6.45) is 0. The minimum absolute atomic E-state index is 0.698. The summed E-state index contributed by atoms with van der Waals surface area (Å²) in [5.41, 5.74) is 8.22. The maximum atomic E-state index is 5.43. The molecule has 0 radical (unpaired) electrons. The molecule has 0 amide bonds. The zero-order valence-corrected chi connectivity index (χ0v) is 9.13. The molecule has 0 aromatic heterocycles. The van der Waals surface area contributed by atoms with Crippen molar-refractivity contribution in [2.24, 2.45) is 5.73 Å². The second-order valence-corrected chi connectivity index (χ2v) is 5.15. The first kappa shape index (κ1) is 9.78. The van der Waals surface area contributed by atoms with E-state index in [9.17, 15) is 0 Å². The predicted molar refractivity (Wildman–Crippen MR) is 54.5 cm³/mol. The molecule has 0 fully saturated rings. The van der Waals surface area contributed by atoms with Crippen LogP contribution in [0.25, 0.3) is 0 Å². The van der Waals surface area contributed by atoms with Gasteiger partial charge < -0.3 is 0 Å². The van der Waals surface area contributed by atoms with Gasteiger partial charge in [-0.05, 0) is 0 Å². The number of hydrogen-bond acceptors (Lipinski definition) is 1. The van der Waals surface area contributed by atoms with Crippen molar-refractivity contribution in [3.8, 4) is 0 Å². The van der Waals surface area contributed by atoms with Crippen LogP contribution in [0.15, 0.2) is 24.3 Å². The number of benzene rings is 1. The first-order valence-corrected chi connectivity index (χ1v) is 6.58. The van der Waals surface area contributed by atoms with Gasteiger partial charge >= 0.3 is 80.2 Å². The van der Waals surface area contributed by atoms with Crippen LogP contribution in [0.5, 0.6) is 0 Å². The summed E-state index contributed by atoms with van der Waals surface area (Å²) in [7, 11) is 0. The molecule has 0 atom stereocenters. The molecular formula is C10H15NSe. The van der Waals surface area contributed by atoms with Gasteiger partial charge in [0, 0.05) is 0 Å². The van der Waals surface area contributed by atoms with Crippen LogP contribution in [-0.4, -0.2) is 21.5 Å². The van der Waals surface area contributed by atoms with Crippen LogP contribution in [0.4, 0.5) is 0 Å². The Kier molecular flexibility index (Phi) is 4.37. The third kappa shape index (κ3) is 3.40. The van der Waals surface area contributed by atoms with Gasteiger partial charge in [0.25, 0.3) is 0 Å². The van der Waals surface area contributed by atoms with Gasteiger partial charge in [-0.15, -0.1) is 0 Å². The van der Waals surface area contributed by atoms with Crippen LogP contribution in [-0.2, 0) is 5.32 Å². The normalized spacial score (nSPS) is 10.2. The molecule has 1 nitrogen and oxygen atoms in total. The molecule has 2 heteroatoms. The third-order valence-electron chi connectivity index (χ3n) is 1.65. The molecule has 1 aromatic carbocycles. The molecule has 0 aliphatic heterocycles. The van der Waals surface area contributed by atoms with Gasteiger partial charge in [-0.25, -0.2) is 0 Å². The van der Waals surface area contributed by atoms with E-state index < -0.39 is 0 Å². The molecule has 0 unspecified atom stereocenters. The zero-order valence-electron chi connectivity index (χ0n) is 7.42. The van der Waals surface area contributed by atoms with Crippen molar-refractivity contribution in [3.63, 3.8) is 0 Å². The average molecular weight is 228 g/mol. The molecule has 12 heavy (non-hydrogen) atoms. The fourth-order valence-corrected chi connectivity index (χ4v) is 2.51. The van der Waals surface area contributed by atoms with E-state index in [2.05, 4.69) is 31.2 Å². The monoisotopic (exact) mass is 229 g/mol. The second-order valence-electron chi connectivity index (χ2n) is 2.83. The van der Waals surface area contributed by atoms with E-state index in [1.54, 1.807) is 0 Å². The van der Waals surface area contributed by atoms with E-state index in [4.69, 9.17) is 5.73 Å². The van der Waals surface area contributed by atoms with E-state index in [0.29, 0.717) is 15.0 Å². The third-order valence-corrected chi connectivity index (χ3v) is 3.88. The van der Waals surface area contributed by atoms with Gasteiger partial charge in [-0.2, -0.15) is 0 Å². The molecule has 2 N–H and O–H groups in total. The second kappa shape index (κ2) is 5.36. The summed E-state index contributed by atoms with van der Waals surface area (Å²) in [5.74, 6) is 0. The molecular weight excluding hydrogens is 213 g/mol. The minimum atomic E-state index is 0.698. The molecule has 1 rings (SSSR count). The fourth-order valence-electron chi connectivity index (χ4n) is 0.958. The molecule has 0 saturated heterocycles. The summed E-state index contributed by atoms with van der Waals surface area (Å²) in [6, 6.07) is 8.78. The molecule has 66 valence electrons. The summed E-state index contributed by atoms with van der Waals surface area (Å²) in [4.78, 5) is 0. The molecule has 1 aromatic rings. The van der Waals surface area contributed by atoms with Gasteiger partial charge in [-0.1, -0.05) is 0 Å². The van der Waals surface area contributed by atoms with Crippen molar-refractivity contribution in [1.29, 1.82) is 0 Å². The molecule has 0 bridgehead atoms. The Hall–Kier alpha value is -0.301. The van der Waals surface area contributed by atoms with E-state index >= 15 is 0 Å². The van der Waals surface area contributed by atoms with E-state index in [1.165, 1.54) is 21.8 Å².